The van der Waals surface area contributed by atoms with Gasteiger partial charge in [0.1, 0.15) is 17.4 Å². The summed E-state index contributed by atoms with van der Waals surface area (Å²) < 4.78 is 7.05. The number of ether oxygens (including phenoxy) is 1. The van der Waals surface area contributed by atoms with E-state index in [2.05, 4.69) is 37.5 Å². The van der Waals surface area contributed by atoms with Crippen molar-refractivity contribution in [2.75, 3.05) is 31.1 Å². The molecule has 1 aromatic heterocycles. The molecule has 3 aromatic rings. The molecular formula is C23H23IN4O2. The van der Waals surface area contributed by atoms with Gasteiger partial charge in [-0.15, -0.1) is 0 Å². The van der Waals surface area contributed by atoms with Gasteiger partial charge in [0.05, 0.1) is 0 Å². The van der Waals surface area contributed by atoms with Gasteiger partial charge in [-0.05, 0) is 72.8 Å². The smallest absolute Gasteiger partial charge is 0.253 e. The molecule has 154 valence electrons. The van der Waals surface area contributed by atoms with Crippen LogP contribution >= 0.6 is 22.6 Å². The van der Waals surface area contributed by atoms with Crippen LogP contribution in [0.1, 0.15) is 21.7 Å². The number of nitrogens with zero attached hydrogens (tertiary/aromatic N) is 4. The highest BCUT2D eigenvalue weighted by atomic mass is 127. The van der Waals surface area contributed by atoms with Crippen molar-refractivity contribution in [2.24, 2.45) is 0 Å². The number of aryl methyl sites for hydroxylation is 2. The van der Waals surface area contributed by atoms with E-state index in [1.807, 2.05) is 73.3 Å². The molecule has 0 atom stereocenters. The lowest BCUT2D eigenvalue weighted by molar-refractivity contribution is 0.0746. The number of hydrogen-bond acceptors (Lipinski definition) is 5. The molecule has 0 bridgehead atoms. The van der Waals surface area contributed by atoms with E-state index in [9.17, 15) is 4.79 Å². The quantitative estimate of drug-likeness (QED) is 0.482. The Morgan fingerprint density at radius 2 is 1.60 bits per heavy atom. The SMILES string of the molecule is Cc1ccc(Oc2cc(N3CCN(C(=O)c4ccc(I)cc4)CC3)nc(C)n2)cc1. The second-order valence-corrected chi connectivity index (χ2v) is 8.56. The zero-order valence-corrected chi connectivity index (χ0v) is 19.2. The summed E-state index contributed by atoms with van der Waals surface area (Å²) in [5.41, 5.74) is 1.91. The minimum absolute atomic E-state index is 0.0771. The first-order valence-corrected chi connectivity index (χ1v) is 11.0. The maximum atomic E-state index is 12.7. The number of rotatable bonds is 4. The Kier molecular flexibility index (Phi) is 6.17. The number of piperazine rings is 1. The summed E-state index contributed by atoms with van der Waals surface area (Å²) in [6.45, 7) is 6.65. The van der Waals surface area contributed by atoms with Crippen LogP contribution in [0.3, 0.4) is 0 Å². The van der Waals surface area contributed by atoms with Crippen LogP contribution in [0.15, 0.2) is 54.6 Å². The van der Waals surface area contributed by atoms with E-state index < -0.39 is 0 Å². The summed E-state index contributed by atoms with van der Waals surface area (Å²) in [5, 5.41) is 0. The highest BCUT2D eigenvalue weighted by Crippen LogP contribution is 2.24. The lowest BCUT2D eigenvalue weighted by atomic mass is 10.2. The number of benzene rings is 2. The van der Waals surface area contributed by atoms with Gasteiger partial charge in [0.25, 0.3) is 5.91 Å². The van der Waals surface area contributed by atoms with Crippen LogP contribution in [0.4, 0.5) is 5.82 Å². The van der Waals surface area contributed by atoms with Crippen molar-refractivity contribution in [3.63, 3.8) is 0 Å². The molecule has 0 spiro atoms. The van der Waals surface area contributed by atoms with Gasteiger partial charge < -0.3 is 14.5 Å². The molecule has 4 rings (SSSR count). The molecule has 30 heavy (non-hydrogen) atoms. The Labute approximate surface area is 190 Å². The lowest BCUT2D eigenvalue weighted by Crippen LogP contribution is -2.49. The second kappa shape index (κ2) is 8.99. The van der Waals surface area contributed by atoms with Gasteiger partial charge in [-0.3, -0.25) is 4.79 Å². The van der Waals surface area contributed by atoms with Crippen molar-refractivity contribution in [3.8, 4) is 11.6 Å². The maximum Gasteiger partial charge on any atom is 0.253 e. The average Bonchev–Trinajstić information content (AvgIpc) is 2.75. The van der Waals surface area contributed by atoms with Crippen LogP contribution in [0.5, 0.6) is 11.6 Å². The van der Waals surface area contributed by atoms with Crippen LogP contribution in [-0.4, -0.2) is 47.0 Å². The van der Waals surface area contributed by atoms with Gasteiger partial charge in [-0.25, -0.2) is 4.98 Å². The molecular weight excluding hydrogens is 491 g/mol. The van der Waals surface area contributed by atoms with Crippen molar-refractivity contribution in [1.29, 1.82) is 0 Å². The Morgan fingerprint density at radius 1 is 0.933 bits per heavy atom. The number of hydrogen-bond donors (Lipinski definition) is 0. The first-order chi connectivity index (χ1) is 14.5. The largest absolute Gasteiger partial charge is 0.439 e. The molecule has 1 saturated heterocycles. The topological polar surface area (TPSA) is 58.6 Å². The summed E-state index contributed by atoms with van der Waals surface area (Å²) in [7, 11) is 0. The zero-order valence-electron chi connectivity index (χ0n) is 17.0. The van der Waals surface area contributed by atoms with Gasteiger partial charge in [0.15, 0.2) is 0 Å². The van der Waals surface area contributed by atoms with E-state index in [4.69, 9.17) is 4.74 Å². The van der Waals surface area contributed by atoms with Gasteiger partial charge in [0, 0.05) is 41.4 Å². The predicted octanol–water partition coefficient (Wildman–Crippen LogP) is 4.45. The van der Waals surface area contributed by atoms with Crippen molar-refractivity contribution >= 4 is 34.3 Å². The number of amides is 1. The van der Waals surface area contributed by atoms with Gasteiger partial charge in [0.2, 0.25) is 5.88 Å². The maximum absolute atomic E-state index is 12.7. The molecule has 6 nitrogen and oxygen atoms in total. The fourth-order valence-electron chi connectivity index (χ4n) is 3.38. The first kappa shape index (κ1) is 20.6. The summed E-state index contributed by atoms with van der Waals surface area (Å²) in [6.07, 6.45) is 0. The third-order valence-corrected chi connectivity index (χ3v) is 5.75. The molecule has 1 aliphatic heterocycles. The van der Waals surface area contributed by atoms with Crippen molar-refractivity contribution in [1.82, 2.24) is 14.9 Å². The second-order valence-electron chi connectivity index (χ2n) is 7.31. The zero-order chi connectivity index (χ0) is 21.1. The number of carbonyl (C=O) groups excluding carboxylic acids is 1. The Bertz CT molecular complexity index is 1030. The third-order valence-electron chi connectivity index (χ3n) is 5.03. The fraction of sp³-hybridized carbons (Fsp3) is 0.261. The summed E-state index contributed by atoms with van der Waals surface area (Å²) >= 11 is 2.24. The van der Waals surface area contributed by atoms with E-state index in [0.29, 0.717) is 24.8 Å². The van der Waals surface area contributed by atoms with Crippen LogP contribution in [0, 0.1) is 17.4 Å². The van der Waals surface area contributed by atoms with Crippen LogP contribution in [-0.2, 0) is 0 Å². The molecule has 0 aliphatic carbocycles. The molecule has 1 amide bonds. The molecule has 0 N–H and O–H groups in total. The lowest BCUT2D eigenvalue weighted by Gasteiger charge is -2.35. The van der Waals surface area contributed by atoms with E-state index in [-0.39, 0.29) is 5.91 Å². The molecule has 2 heterocycles. The molecule has 1 aliphatic rings. The predicted molar refractivity (Wildman–Crippen MR) is 125 cm³/mol. The Hall–Kier alpha value is -2.68. The molecule has 7 heteroatoms. The van der Waals surface area contributed by atoms with Gasteiger partial charge in [-0.1, -0.05) is 17.7 Å². The minimum Gasteiger partial charge on any atom is -0.439 e. The number of aromatic nitrogens is 2. The highest BCUT2D eigenvalue weighted by molar-refractivity contribution is 14.1. The van der Waals surface area contributed by atoms with Crippen LogP contribution in [0.2, 0.25) is 0 Å². The van der Waals surface area contributed by atoms with Crippen molar-refractivity contribution < 1.29 is 9.53 Å². The van der Waals surface area contributed by atoms with Crippen LogP contribution in [0.25, 0.3) is 0 Å². The van der Waals surface area contributed by atoms with E-state index in [1.165, 1.54) is 5.56 Å². The van der Waals surface area contributed by atoms with Crippen molar-refractivity contribution in [2.45, 2.75) is 13.8 Å². The highest BCUT2D eigenvalue weighted by Gasteiger charge is 2.23. The van der Waals surface area contributed by atoms with Gasteiger partial charge >= 0.3 is 0 Å². The molecule has 1 fully saturated rings. The molecule has 2 aromatic carbocycles. The first-order valence-electron chi connectivity index (χ1n) is 9.88. The summed E-state index contributed by atoms with van der Waals surface area (Å²) in [4.78, 5) is 25.8. The normalized spacial score (nSPS) is 14.0. The summed E-state index contributed by atoms with van der Waals surface area (Å²) in [6, 6.07) is 17.4. The number of anilines is 1. The van der Waals surface area contributed by atoms with E-state index >= 15 is 0 Å². The van der Waals surface area contributed by atoms with E-state index in [0.717, 1.165) is 33.8 Å². The third kappa shape index (κ3) is 4.89. The molecule has 0 unspecified atom stereocenters. The van der Waals surface area contributed by atoms with Crippen molar-refractivity contribution in [3.05, 3.63) is 75.1 Å². The average molecular weight is 514 g/mol. The Morgan fingerprint density at radius 3 is 2.27 bits per heavy atom. The summed E-state index contributed by atoms with van der Waals surface area (Å²) in [5.74, 6) is 2.84. The molecule has 0 radical (unpaired) electrons. The minimum atomic E-state index is 0.0771. The Balaban J connectivity index is 1.42. The van der Waals surface area contributed by atoms with E-state index in [1.54, 1.807) is 0 Å². The van der Waals surface area contributed by atoms with Gasteiger partial charge in [-0.2, -0.15) is 4.98 Å². The molecule has 0 saturated carbocycles. The standard InChI is InChI=1S/C23H23IN4O2/c1-16-3-9-20(10-4-16)30-22-15-21(25-17(2)26-22)27-11-13-28(14-12-27)23(29)18-5-7-19(24)8-6-18/h3-10,15H,11-14H2,1-2H3. The fourth-order valence-corrected chi connectivity index (χ4v) is 3.74. The number of halogens is 1. The van der Waals surface area contributed by atoms with Crippen LogP contribution < -0.4 is 9.64 Å². The number of carbonyl (C=O) groups is 1. The monoisotopic (exact) mass is 514 g/mol.